The monoisotopic (exact) mass is 440 g/mol. The van der Waals surface area contributed by atoms with Gasteiger partial charge in [-0.2, -0.15) is 0 Å². The second kappa shape index (κ2) is 7.92. The van der Waals surface area contributed by atoms with Gasteiger partial charge < -0.3 is 19.1 Å². The maximum absolute atomic E-state index is 13.7. The molecule has 2 aliphatic rings. The Bertz CT molecular complexity index is 1220. The van der Waals surface area contributed by atoms with E-state index >= 15 is 0 Å². The summed E-state index contributed by atoms with van der Waals surface area (Å²) >= 11 is 0. The molecule has 2 aromatic carbocycles. The molecule has 1 fully saturated rings. The van der Waals surface area contributed by atoms with E-state index in [1.807, 2.05) is 12.1 Å². The van der Waals surface area contributed by atoms with E-state index in [1.54, 1.807) is 31.4 Å². The molecule has 31 heavy (non-hydrogen) atoms. The molecule has 3 aromatic rings. The minimum Gasteiger partial charge on any atom is -0.497 e. The van der Waals surface area contributed by atoms with Gasteiger partial charge in [-0.15, -0.1) is 0 Å². The van der Waals surface area contributed by atoms with Crippen LogP contribution >= 0.6 is 0 Å². The summed E-state index contributed by atoms with van der Waals surface area (Å²) in [5.41, 5.74) is 1.39. The van der Waals surface area contributed by atoms with Gasteiger partial charge in [-0.25, -0.2) is 8.42 Å². The molecule has 162 valence electrons. The number of benzene rings is 2. The van der Waals surface area contributed by atoms with E-state index in [4.69, 9.17) is 14.2 Å². The molecule has 0 amide bonds. The number of methoxy groups -OCH3 is 1. The Morgan fingerprint density at radius 2 is 1.65 bits per heavy atom. The van der Waals surface area contributed by atoms with E-state index in [-0.39, 0.29) is 9.79 Å². The number of nitrogens with zero attached hydrogens (tertiary/aromatic N) is 2. The van der Waals surface area contributed by atoms with Gasteiger partial charge in [0.1, 0.15) is 23.9 Å². The Balaban J connectivity index is 1.72. The molecule has 0 radical (unpaired) electrons. The summed E-state index contributed by atoms with van der Waals surface area (Å²) in [4.78, 5) is 7.10. The van der Waals surface area contributed by atoms with E-state index in [9.17, 15) is 8.42 Å². The van der Waals surface area contributed by atoms with Crippen molar-refractivity contribution in [3.8, 4) is 17.2 Å². The van der Waals surface area contributed by atoms with Crippen molar-refractivity contribution in [3.63, 3.8) is 0 Å². The Labute approximate surface area is 181 Å². The first kappa shape index (κ1) is 19.9. The number of piperidine rings is 1. The normalized spacial score (nSPS) is 16.4. The topological polar surface area (TPSA) is 78.0 Å². The molecule has 2 aliphatic heterocycles. The fourth-order valence-electron chi connectivity index (χ4n) is 4.22. The molecular formula is C23H24N2O5S. The van der Waals surface area contributed by atoms with Crippen LogP contribution in [0.4, 0.5) is 5.69 Å². The van der Waals surface area contributed by atoms with Crippen LogP contribution in [-0.2, 0) is 9.84 Å². The molecule has 7 nitrogen and oxygen atoms in total. The highest BCUT2D eigenvalue weighted by Crippen LogP contribution is 2.42. The van der Waals surface area contributed by atoms with Gasteiger partial charge in [0.15, 0.2) is 11.5 Å². The van der Waals surface area contributed by atoms with Crippen LogP contribution in [0.25, 0.3) is 10.9 Å². The van der Waals surface area contributed by atoms with Crippen LogP contribution in [0.2, 0.25) is 0 Å². The average Bonchev–Trinajstić information content (AvgIpc) is 2.82. The number of aromatic nitrogens is 1. The summed E-state index contributed by atoms with van der Waals surface area (Å²) in [6, 6.07) is 10.2. The molecule has 5 rings (SSSR count). The van der Waals surface area contributed by atoms with Crippen molar-refractivity contribution in [2.45, 2.75) is 29.1 Å². The zero-order valence-electron chi connectivity index (χ0n) is 17.3. The van der Waals surface area contributed by atoms with Gasteiger partial charge in [-0.1, -0.05) is 0 Å². The Kier molecular flexibility index (Phi) is 5.09. The number of hydrogen-bond donors (Lipinski definition) is 0. The van der Waals surface area contributed by atoms with Crippen molar-refractivity contribution < 1.29 is 22.6 Å². The first-order chi connectivity index (χ1) is 15.1. The molecule has 0 bridgehead atoms. The van der Waals surface area contributed by atoms with Gasteiger partial charge >= 0.3 is 0 Å². The van der Waals surface area contributed by atoms with E-state index in [1.165, 1.54) is 6.20 Å². The summed E-state index contributed by atoms with van der Waals surface area (Å²) in [6.07, 6.45) is 4.67. The average molecular weight is 441 g/mol. The van der Waals surface area contributed by atoms with E-state index < -0.39 is 9.84 Å². The lowest BCUT2D eigenvalue weighted by Gasteiger charge is -2.31. The molecule has 1 saturated heterocycles. The van der Waals surface area contributed by atoms with Crippen molar-refractivity contribution in [2.24, 2.45) is 0 Å². The minimum atomic E-state index is -3.79. The zero-order chi connectivity index (χ0) is 21.4. The standard InChI is InChI=1S/C23H24N2O5S/c1-28-16-5-7-17(8-6-16)31(26,27)22-15-24-19-14-21-20(29-11-12-30-21)13-18(19)23(22)25-9-3-2-4-10-25/h5-8,13-15H,2-4,9-12H2,1H3. The number of rotatable bonds is 4. The SMILES string of the molecule is COc1ccc(S(=O)(=O)c2cnc3cc4c(cc3c2N2CCCCC2)OCCO4)cc1. The van der Waals surface area contributed by atoms with Crippen molar-refractivity contribution in [2.75, 3.05) is 38.3 Å². The maximum Gasteiger partial charge on any atom is 0.210 e. The van der Waals surface area contributed by atoms with Crippen LogP contribution in [0.1, 0.15) is 19.3 Å². The highest BCUT2D eigenvalue weighted by Gasteiger charge is 2.29. The lowest BCUT2D eigenvalue weighted by atomic mass is 10.1. The second-order valence-corrected chi connectivity index (χ2v) is 9.63. The van der Waals surface area contributed by atoms with Crippen molar-refractivity contribution >= 4 is 26.4 Å². The summed E-state index contributed by atoms with van der Waals surface area (Å²) < 4.78 is 44.0. The molecule has 0 atom stereocenters. The van der Waals surface area contributed by atoms with Crippen molar-refractivity contribution in [3.05, 3.63) is 42.6 Å². The quantitative estimate of drug-likeness (QED) is 0.610. The van der Waals surface area contributed by atoms with Gasteiger partial charge in [0.05, 0.1) is 23.2 Å². The smallest absolute Gasteiger partial charge is 0.210 e. The minimum absolute atomic E-state index is 0.212. The Morgan fingerprint density at radius 1 is 0.968 bits per heavy atom. The fraction of sp³-hybridized carbons (Fsp3) is 0.348. The molecule has 0 aliphatic carbocycles. The number of fused-ring (bicyclic) bond motifs is 2. The van der Waals surface area contributed by atoms with Crippen LogP contribution in [0.3, 0.4) is 0 Å². The van der Waals surface area contributed by atoms with Crippen molar-refractivity contribution in [1.29, 1.82) is 0 Å². The number of anilines is 1. The van der Waals surface area contributed by atoms with E-state index in [2.05, 4.69) is 9.88 Å². The predicted molar refractivity (Wildman–Crippen MR) is 117 cm³/mol. The third kappa shape index (κ3) is 3.54. The van der Waals surface area contributed by atoms with Gasteiger partial charge in [0.25, 0.3) is 0 Å². The predicted octanol–water partition coefficient (Wildman–Crippen LogP) is 3.84. The lowest BCUT2D eigenvalue weighted by Crippen LogP contribution is -2.31. The van der Waals surface area contributed by atoms with E-state index in [0.29, 0.717) is 41.7 Å². The van der Waals surface area contributed by atoms with Crippen molar-refractivity contribution in [1.82, 2.24) is 4.98 Å². The molecule has 8 heteroatoms. The highest BCUT2D eigenvalue weighted by molar-refractivity contribution is 7.91. The Morgan fingerprint density at radius 3 is 2.32 bits per heavy atom. The Hall–Kier alpha value is -3.00. The molecule has 0 spiro atoms. The molecule has 0 unspecified atom stereocenters. The third-order valence-electron chi connectivity index (χ3n) is 5.80. The lowest BCUT2D eigenvalue weighted by molar-refractivity contribution is 0.172. The van der Waals surface area contributed by atoms with Crippen LogP contribution in [-0.4, -0.2) is 46.8 Å². The maximum atomic E-state index is 13.7. The third-order valence-corrected chi connectivity index (χ3v) is 7.57. The number of sulfone groups is 1. The van der Waals surface area contributed by atoms with Gasteiger partial charge in [-0.3, -0.25) is 4.98 Å². The van der Waals surface area contributed by atoms with E-state index in [0.717, 1.165) is 37.7 Å². The first-order valence-electron chi connectivity index (χ1n) is 10.4. The van der Waals surface area contributed by atoms with Gasteiger partial charge in [0.2, 0.25) is 9.84 Å². The number of hydrogen-bond acceptors (Lipinski definition) is 7. The van der Waals surface area contributed by atoms with Crippen LogP contribution < -0.4 is 19.1 Å². The molecule has 0 saturated carbocycles. The number of ether oxygens (including phenoxy) is 3. The summed E-state index contributed by atoms with van der Waals surface area (Å²) in [5, 5.41) is 0.765. The molecular weight excluding hydrogens is 416 g/mol. The van der Waals surface area contributed by atoms with Crippen LogP contribution in [0, 0.1) is 0 Å². The van der Waals surface area contributed by atoms with Crippen LogP contribution in [0.5, 0.6) is 17.2 Å². The van der Waals surface area contributed by atoms with Gasteiger partial charge in [-0.05, 0) is 49.6 Å². The fourth-order valence-corrected chi connectivity index (χ4v) is 5.65. The zero-order valence-corrected chi connectivity index (χ0v) is 18.2. The first-order valence-corrected chi connectivity index (χ1v) is 11.9. The van der Waals surface area contributed by atoms with Crippen LogP contribution in [0.15, 0.2) is 52.4 Å². The summed E-state index contributed by atoms with van der Waals surface area (Å²) in [7, 11) is -2.24. The molecule has 3 heterocycles. The summed E-state index contributed by atoms with van der Waals surface area (Å²) in [6.45, 7) is 2.56. The molecule has 0 N–H and O–H groups in total. The largest absolute Gasteiger partial charge is 0.497 e. The molecule has 1 aromatic heterocycles. The van der Waals surface area contributed by atoms with Gasteiger partial charge in [0, 0.05) is 30.7 Å². The second-order valence-electron chi connectivity index (χ2n) is 7.71. The summed E-state index contributed by atoms with van der Waals surface area (Å²) in [5.74, 6) is 1.87. The number of pyridine rings is 1. The highest BCUT2D eigenvalue weighted by atomic mass is 32.2.